The van der Waals surface area contributed by atoms with Gasteiger partial charge in [0.05, 0.1) is 24.7 Å². The Bertz CT molecular complexity index is 704. The molecule has 0 saturated carbocycles. The number of nitro benzene ring substituents is 1. The van der Waals surface area contributed by atoms with E-state index in [9.17, 15) is 24.5 Å². The number of nitrogens with one attached hydrogen (secondary N) is 2. The number of carbonyl (C=O) groups is 3. The summed E-state index contributed by atoms with van der Waals surface area (Å²) in [5.41, 5.74) is -0.982. The van der Waals surface area contributed by atoms with Crippen LogP contribution in [0.3, 0.4) is 0 Å². The molecule has 142 valence electrons. The van der Waals surface area contributed by atoms with Crippen LogP contribution in [0.25, 0.3) is 0 Å². The first kappa shape index (κ1) is 20.7. The van der Waals surface area contributed by atoms with Gasteiger partial charge in [0, 0.05) is 12.6 Å². The van der Waals surface area contributed by atoms with E-state index in [-0.39, 0.29) is 18.1 Å². The Morgan fingerprint density at radius 1 is 1.19 bits per heavy atom. The van der Waals surface area contributed by atoms with Gasteiger partial charge in [-0.2, -0.15) is 0 Å². The topological polar surface area (TPSA) is 146 Å². The average Bonchev–Trinajstić information content (AvgIpc) is 2.59. The number of benzene rings is 1. The van der Waals surface area contributed by atoms with Crippen LogP contribution in [0, 0.1) is 10.1 Å². The number of nitro groups is 1. The number of amides is 3. The van der Waals surface area contributed by atoms with E-state index < -0.39 is 40.7 Å². The Kier molecular flexibility index (Phi) is 7.80. The molecule has 0 bridgehead atoms. The van der Waals surface area contributed by atoms with Crippen molar-refractivity contribution in [1.29, 1.82) is 0 Å². The third-order valence-corrected chi connectivity index (χ3v) is 2.92. The molecule has 3 amide bonds. The first-order valence-corrected chi connectivity index (χ1v) is 7.58. The van der Waals surface area contributed by atoms with E-state index in [1.165, 1.54) is 7.11 Å². The second-order valence-electron chi connectivity index (χ2n) is 4.69. The maximum atomic E-state index is 12.1. The van der Waals surface area contributed by atoms with E-state index in [1.54, 1.807) is 13.8 Å². The van der Waals surface area contributed by atoms with E-state index in [2.05, 4.69) is 5.32 Å². The molecular formula is C15H19N3O8. The third-order valence-electron chi connectivity index (χ3n) is 2.92. The lowest BCUT2D eigenvalue weighted by molar-refractivity contribution is -0.385. The van der Waals surface area contributed by atoms with Crippen molar-refractivity contribution in [2.75, 3.05) is 26.9 Å². The first-order valence-electron chi connectivity index (χ1n) is 7.58. The van der Waals surface area contributed by atoms with Crippen LogP contribution in [0.4, 0.5) is 10.5 Å². The molecule has 2 N–H and O–H groups in total. The van der Waals surface area contributed by atoms with Crippen molar-refractivity contribution in [1.82, 2.24) is 10.6 Å². The molecule has 11 nitrogen and oxygen atoms in total. The number of nitrogens with zero attached hydrogens (tertiary/aromatic N) is 1. The van der Waals surface area contributed by atoms with E-state index in [0.29, 0.717) is 6.54 Å². The van der Waals surface area contributed by atoms with E-state index in [1.807, 2.05) is 5.32 Å². The molecule has 0 atom stereocenters. The fourth-order valence-electron chi connectivity index (χ4n) is 1.87. The van der Waals surface area contributed by atoms with Crippen molar-refractivity contribution in [3.05, 3.63) is 27.8 Å². The molecule has 11 heteroatoms. The Hall–Kier alpha value is -3.37. The number of carbonyl (C=O) groups excluding carboxylic acids is 3. The zero-order chi connectivity index (χ0) is 19.7. The fourth-order valence-corrected chi connectivity index (χ4v) is 1.87. The second-order valence-corrected chi connectivity index (χ2v) is 4.69. The van der Waals surface area contributed by atoms with Gasteiger partial charge in [-0.25, -0.2) is 9.59 Å². The number of esters is 1. The molecule has 0 aliphatic carbocycles. The van der Waals surface area contributed by atoms with Gasteiger partial charge in [-0.1, -0.05) is 0 Å². The molecule has 0 aliphatic rings. The standard InChI is InChI=1S/C15H19N3O8/c1-4-16-15(21)17-13(19)8-26-14(20)9-6-12(25-5-2)11(24-3)7-10(9)18(22)23/h6-7H,4-5,8H2,1-3H3,(H2,16,17,19,21). The molecule has 0 aliphatic heterocycles. The first-order chi connectivity index (χ1) is 12.3. The summed E-state index contributed by atoms with van der Waals surface area (Å²) >= 11 is 0. The molecular weight excluding hydrogens is 350 g/mol. The molecule has 0 heterocycles. The minimum atomic E-state index is -1.12. The predicted octanol–water partition coefficient (Wildman–Crippen LogP) is 1.00. The van der Waals surface area contributed by atoms with Gasteiger partial charge >= 0.3 is 12.0 Å². The molecule has 0 unspecified atom stereocenters. The molecule has 1 aromatic rings. The van der Waals surface area contributed by atoms with Gasteiger partial charge in [0.25, 0.3) is 11.6 Å². The van der Waals surface area contributed by atoms with Gasteiger partial charge in [0.2, 0.25) is 0 Å². The highest BCUT2D eigenvalue weighted by atomic mass is 16.6. The summed E-state index contributed by atoms with van der Waals surface area (Å²) in [5.74, 6) is -1.82. The Labute approximate surface area is 148 Å². The molecule has 0 radical (unpaired) electrons. The lowest BCUT2D eigenvalue weighted by Gasteiger charge is -2.11. The highest BCUT2D eigenvalue weighted by molar-refractivity contribution is 5.98. The molecule has 0 aromatic heterocycles. The zero-order valence-electron chi connectivity index (χ0n) is 14.5. The summed E-state index contributed by atoms with van der Waals surface area (Å²) in [4.78, 5) is 45.3. The number of methoxy groups -OCH3 is 1. The number of rotatable bonds is 8. The van der Waals surface area contributed by atoms with Gasteiger partial charge in [0.15, 0.2) is 18.1 Å². The van der Waals surface area contributed by atoms with Crippen molar-refractivity contribution in [3.63, 3.8) is 0 Å². The minimum absolute atomic E-state index is 0.0732. The second kappa shape index (κ2) is 9.81. The van der Waals surface area contributed by atoms with Crippen LogP contribution in [0.15, 0.2) is 12.1 Å². The molecule has 1 rings (SSSR count). The Balaban J connectivity index is 2.96. The van der Waals surface area contributed by atoms with Gasteiger partial charge < -0.3 is 19.5 Å². The predicted molar refractivity (Wildman–Crippen MR) is 88.3 cm³/mol. The van der Waals surface area contributed by atoms with Crippen LogP contribution in [0.5, 0.6) is 11.5 Å². The lowest BCUT2D eigenvalue weighted by Crippen LogP contribution is -2.41. The summed E-state index contributed by atoms with van der Waals surface area (Å²) in [6.07, 6.45) is 0. The summed E-state index contributed by atoms with van der Waals surface area (Å²) in [6.45, 7) is 3.09. The van der Waals surface area contributed by atoms with E-state index in [0.717, 1.165) is 12.1 Å². The largest absolute Gasteiger partial charge is 0.493 e. The van der Waals surface area contributed by atoms with Crippen LogP contribution in [0.1, 0.15) is 24.2 Å². The minimum Gasteiger partial charge on any atom is -0.493 e. The number of hydrogen-bond acceptors (Lipinski definition) is 8. The molecule has 26 heavy (non-hydrogen) atoms. The summed E-state index contributed by atoms with van der Waals surface area (Å²) in [7, 11) is 1.30. The van der Waals surface area contributed by atoms with Crippen LogP contribution < -0.4 is 20.1 Å². The van der Waals surface area contributed by atoms with Crippen molar-refractivity contribution >= 4 is 23.6 Å². The summed E-state index contributed by atoms with van der Waals surface area (Å²) < 4.78 is 15.0. The van der Waals surface area contributed by atoms with E-state index >= 15 is 0 Å². The third kappa shape index (κ3) is 5.61. The number of imide groups is 1. The molecule has 0 saturated heterocycles. The van der Waals surface area contributed by atoms with Gasteiger partial charge in [-0.3, -0.25) is 20.2 Å². The monoisotopic (exact) mass is 369 g/mol. The fraction of sp³-hybridized carbons (Fsp3) is 0.400. The smallest absolute Gasteiger partial charge is 0.345 e. The van der Waals surface area contributed by atoms with E-state index in [4.69, 9.17) is 14.2 Å². The molecule has 0 fully saturated rings. The maximum Gasteiger partial charge on any atom is 0.345 e. The van der Waals surface area contributed by atoms with Crippen LogP contribution in [-0.2, 0) is 9.53 Å². The van der Waals surface area contributed by atoms with Crippen LogP contribution in [0.2, 0.25) is 0 Å². The van der Waals surface area contributed by atoms with Crippen molar-refractivity contribution in [3.8, 4) is 11.5 Å². The summed E-state index contributed by atoms with van der Waals surface area (Å²) in [5, 5.41) is 15.4. The van der Waals surface area contributed by atoms with Crippen molar-refractivity contribution in [2.24, 2.45) is 0 Å². The normalized spacial score (nSPS) is 9.81. The quantitative estimate of drug-likeness (QED) is 0.392. The highest BCUT2D eigenvalue weighted by Gasteiger charge is 2.26. The maximum absolute atomic E-state index is 12.1. The van der Waals surface area contributed by atoms with Gasteiger partial charge in [0.1, 0.15) is 5.56 Å². The van der Waals surface area contributed by atoms with Crippen molar-refractivity contribution in [2.45, 2.75) is 13.8 Å². The number of ether oxygens (including phenoxy) is 3. The van der Waals surface area contributed by atoms with Gasteiger partial charge in [-0.05, 0) is 13.8 Å². The average molecular weight is 369 g/mol. The van der Waals surface area contributed by atoms with Crippen LogP contribution in [-0.4, -0.2) is 49.7 Å². The SMILES string of the molecule is CCNC(=O)NC(=O)COC(=O)c1cc(OCC)c(OC)cc1[N+](=O)[O-]. The Morgan fingerprint density at radius 3 is 2.42 bits per heavy atom. The van der Waals surface area contributed by atoms with Crippen LogP contribution >= 0.6 is 0 Å². The Morgan fingerprint density at radius 2 is 1.88 bits per heavy atom. The zero-order valence-corrected chi connectivity index (χ0v) is 14.5. The highest BCUT2D eigenvalue weighted by Crippen LogP contribution is 2.35. The summed E-state index contributed by atoms with van der Waals surface area (Å²) in [6, 6.07) is 1.38. The van der Waals surface area contributed by atoms with Gasteiger partial charge in [-0.15, -0.1) is 0 Å². The lowest BCUT2D eigenvalue weighted by atomic mass is 10.1. The number of urea groups is 1. The number of hydrogen-bond donors (Lipinski definition) is 2. The van der Waals surface area contributed by atoms with Crippen molar-refractivity contribution < 1.29 is 33.5 Å². The molecule has 1 aromatic carbocycles. The molecule has 0 spiro atoms.